The average Bonchev–Trinajstić information content (AvgIpc) is 2.67. The predicted molar refractivity (Wildman–Crippen MR) is 106 cm³/mol. The Balaban J connectivity index is 1.94. The van der Waals surface area contributed by atoms with Crippen LogP contribution < -0.4 is 20.3 Å². The van der Waals surface area contributed by atoms with Crippen LogP contribution >= 0.6 is 0 Å². The second kappa shape index (κ2) is 9.87. The Kier molecular flexibility index (Phi) is 7.54. The lowest BCUT2D eigenvalue weighted by Gasteiger charge is -2.15. The lowest BCUT2D eigenvalue weighted by molar-refractivity contribution is -0.128. The molecule has 0 aliphatic carbocycles. The molecule has 10 heteroatoms. The van der Waals surface area contributed by atoms with E-state index in [0.29, 0.717) is 6.42 Å². The molecule has 1 atom stereocenters. The van der Waals surface area contributed by atoms with Crippen LogP contribution in [0.15, 0.2) is 48.5 Å². The summed E-state index contributed by atoms with van der Waals surface area (Å²) < 4.78 is 44.9. The molecule has 0 radical (unpaired) electrons. The summed E-state index contributed by atoms with van der Waals surface area (Å²) in [5.74, 6) is -2.10. The minimum absolute atomic E-state index is 0.0423. The summed E-state index contributed by atoms with van der Waals surface area (Å²) in [6, 6.07) is 11.4. The van der Waals surface area contributed by atoms with Gasteiger partial charge >= 0.3 is 0 Å². The quantitative estimate of drug-likeness (QED) is 0.564. The molecule has 0 aliphatic rings. The molecule has 0 aromatic heterocycles. The van der Waals surface area contributed by atoms with Gasteiger partial charge < -0.3 is 4.74 Å². The number of halogens is 1. The Morgan fingerprint density at radius 3 is 2.52 bits per heavy atom. The summed E-state index contributed by atoms with van der Waals surface area (Å²) in [6.45, 7) is 3.14. The highest BCUT2D eigenvalue weighted by Crippen LogP contribution is 2.17. The van der Waals surface area contributed by atoms with Gasteiger partial charge in [-0.3, -0.25) is 25.2 Å². The van der Waals surface area contributed by atoms with Gasteiger partial charge in [-0.15, -0.1) is 0 Å². The van der Waals surface area contributed by atoms with Gasteiger partial charge in [-0.25, -0.2) is 12.8 Å². The monoisotopic (exact) mass is 423 g/mol. The lowest BCUT2D eigenvalue weighted by atomic mass is 10.2. The van der Waals surface area contributed by atoms with Crippen LogP contribution in [0.5, 0.6) is 5.75 Å². The number of amides is 2. The number of hydrazine groups is 1. The average molecular weight is 423 g/mol. The van der Waals surface area contributed by atoms with Crippen molar-refractivity contribution < 1.29 is 27.1 Å². The van der Waals surface area contributed by atoms with E-state index >= 15 is 0 Å². The Morgan fingerprint density at radius 2 is 1.83 bits per heavy atom. The molecule has 2 rings (SSSR count). The molecule has 29 heavy (non-hydrogen) atoms. The van der Waals surface area contributed by atoms with Crippen LogP contribution in [0.2, 0.25) is 0 Å². The van der Waals surface area contributed by atoms with Crippen molar-refractivity contribution in [3.05, 3.63) is 59.9 Å². The normalized spacial score (nSPS) is 12.0. The highest BCUT2D eigenvalue weighted by molar-refractivity contribution is 7.92. The number of ether oxygens (including phenoxy) is 1. The van der Waals surface area contributed by atoms with Crippen molar-refractivity contribution in [3.8, 4) is 5.75 Å². The molecule has 0 bridgehead atoms. The van der Waals surface area contributed by atoms with Gasteiger partial charge in [0.25, 0.3) is 11.8 Å². The zero-order valence-corrected chi connectivity index (χ0v) is 16.8. The fraction of sp³-hybridized carbons (Fsp3) is 0.263. The van der Waals surface area contributed by atoms with E-state index in [1.165, 1.54) is 49.4 Å². The van der Waals surface area contributed by atoms with Crippen molar-refractivity contribution in [3.63, 3.8) is 0 Å². The Labute approximate surface area is 168 Å². The Morgan fingerprint density at radius 1 is 1.10 bits per heavy atom. The molecule has 2 aromatic rings. The summed E-state index contributed by atoms with van der Waals surface area (Å²) >= 11 is 0. The number of anilines is 1. The topological polar surface area (TPSA) is 114 Å². The number of rotatable bonds is 8. The van der Waals surface area contributed by atoms with Gasteiger partial charge in [0.2, 0.25) is 10.0 Å². The maximum absolute atomic E-state index is 13.6. The van der Waals surface area contributed by atoms with Crippen LogP contribution in [-0.4, -0.2) is 32.1 Å². The largest absolute Gasteiger partial charge is 0.478 e. The standard InChI is InChI=1S/C19H22FN3O5S/c1-3-11-29(26,27)23-15-8-6-7-14(12-15)19(25)22-21-18(24)13(2)28-17-10-5-4-9-16(17)20/h4-10,12-13,23H,3,11H2,1-2H3,(H,21,24)(H,22,25). The molecule has 1 unspecified atom stereocenters. The van der Waals surface area contributed by atoms with E-state index in [0.717, 1.165) is 0 Å². The third kappa shape index (κ3) is 6.75. The molecule has 0 heterocycles. The first-order valence-electron chi connectivity index (χ1n) is 8.84. The van der Waals surface area contributed by atoms with Crippen LogP contribution in [0.25, 0.3) is 0 Å². The SMILES string of the molecule is CCCS(=O)(=O)Nc1cccc(C(=O)NNC(=O)C(C)Oc2ccccc2F)c1. The summed E-state index contributed by atoms with van der Waals surface area (Å²) in [5, 5.41) is 0. The molecule has 0 fully saturated rings. The van der Waals surface area contributed by atoms with Gasteiger partial charge in [-0.2, -0.15) is 0 Å². The molecule has 0 spiro atoms. The molecule has 3 N–H and O–H groups in total. The van der Waals surface area contributed by atoms with Crippen LogP contribution in [0.4, 0.5) is 10.1 Å². The highest BCUT2D eigenvalue weighted by Gasteiger charge is 2.18. The summed E-state index contributed by atoms with van der Waals surface area (Å²) in [4.78, 5) is 24.3. The smallest absolute Gasteiger partial charge is 0.279 e. The Bertz CT molecular complexity index is 981. The number of sulfonamides is 1. The van der Waals surface area contributed by atoms with Crippen molar-refractivity contribution in [1.82, 2.24) is 10.9 Å². The molecule has 2 amide bonds. The van der Waals surface area contributed by atoms with E-state index in [1.807, 2.05) is 0 Å². The van der Waals surface area contributed by atoms with E-state index in [4.69, 9.17) is 4.74 Å². The molecule has 0 aliphatic heterocycles. The maximum atomic E-state index is 13.6. The fourth-order valence-electron chi connectivity index (χ4n) is 2.30. The zero-order chi connectivity index (χ0) is 21.4. The summed E-state index contributed by atoms with van der Waals surface area (Å²) in [5.41, 5.74) is 4.75. The van der Waals surface area contributed by atoms with Crippen molar-refractivity contribution in [2.45, 2.75) is 26.4 Å². The van der Waals surface area contributed by atoms with Gasteiger partial charge in [0, 0.05) is 11.3 Å². The first-order valence-corrected chi connectivity index (χ1v) is 10.5. The minimum Gasteiger partial charge on any atom is -0.478 e. The number of carbonyl (C=O) groups excluding carboxylic acids is 2. The zero-order valence-electron chi connectivity index (χ0n) is 15.9. The number of para-hydroxylation sites is 1. The molecule has 8 nitrogen and oxygen atoms in total. The lowest BCUT2D eigenvalue weighted by Crippen LogP contribution is -2.47. The van der Waals surface area contributed by atoms with E-state index in [9.17, 15) is 22.4 Å². The fourth-order valence-corrected chi connectivity index (χ4v) is 3.43. The minimum atomic E-state index is -3.50. The van der Waals surface area contributed by atoms with Crippen LogP contribution in [0, 0.1) is 5.82 Å². The highest BCUT2D eigenvalue weighted by atomic mass is 32.2. The van der Waals surface area contributed by atoms with Crippen LogP contribution in [-0.2, 0) is 14.8 Å². The number of nitrogens with one attached hydrogen (secondary N) is 3. The third-order valence-corrected chi connectivity index (χ3v) is 5.17. The maximum Gasteiger partial charge on any atom is 0.279 e. The number of hydrogen-bond acceptors (Lipinski definition) is 5. The van der Waals surface area contributed by atoms with Crippen LogP contribution in [0.1, 0.15) is 30.6 Å². The van der Waals surface area contributed by atoms with E-state index < -0.39 is 33.8 Å². The second-order valence-corrected chi connectivity index (χ2v) is 7.98. The van der Waals surface area contributed by atoms with Crippen molar-refractivity contribution in [2.75, 3.05) is 10.5 Å². The van der Waals surface area contributed by atoms with Gasteiger partial charge in [0.05, 0.1) is 5.75 Å². The first-order chi connectivity index (χ1) is 13.7. The van der Waals surface area contributed by atoms with Crippen LogP contribution in [0.3, 0.4) is 0 Å². The first kappa shape index (κ1) is 22.2. The van der Waals surface area contributed by atoms with Gasteiger partial charge in [0.15, 0.2) is 17.7 Å². The number of hydrogen-bond donors (Lipinski definition) is 3. The van der Waals surface area contributed by atoms with Crippen molar-refractivity contribution in [2.24, 2.45) is 0 Å². The molecular weight excluding hydrogens is 401 g/mol. The second-order valence-electron chi connectivity index (χ2n) is 6.14. The van der Waals surface area contributed by atoms with E-state index in [-0.39, 0.29) is 22.8 Å². The van der Waals surface area contributed by atoms with E-state index in [2.05, 4.69) is 15.6 Å². The third-order valence-electron chi connectivity index (χ3n) is 3.68. The van der Waals surface area contributed by atoms with Crippen molar-refractivity contribution in [1.29, 1.82) is 0 Å². The molecule has 156 valence electrons. The predicted octanol–water partition coefficient (Wildman–Crippen LogP) is 2.21. The molecule has 0 saturated carbocycles. The van der Waals surface area contributed by atoms with E-state index in [1.54, 1.807) is 13.0 Å². The van der Waals surface area contributed by atoms with Gasteiger partial charge in [-0.05, 0) is 43.7 Å². The summed E-state index contributed by atoms with van der Waals surface area (Å²) in [6.07, 6.45) is -0.617. The van der Waals surface area contributed by atoms with Gasteiger partial charge in [-0.1, -0.05) is 25.1 Å². The Hall–Kier alpha value is -3.14. The number of benzene rings is 2. The molecule has 0 saturated heterocycles. The van der Waals surface area contributed by atoms with Crippen molar-refractivity contribution >= 4 is 27.5 Å². The van der Waals surface area contributed by atoms with Gasteiger partial charge in [0.1, 0.15) is 0 Å². The summed E-state index contributed by atoms with van der Waals surface area (Å²) in [7, 11) is -3.50. The molecular formula is C19H22FN3O5S. The number of carbonyl (C=O) groups is 2. The molecule has 2 aromatic carbocycles.